The SMILES string of the molecule is CCCCC(Nc1cc(N2CCCC2)ncn1)C(=O)O. The van der Waals surface area contributed by atoms with Gasteiger partial charge in [0.15, 0.2) is 0 Å². The van der Waals surface area contributed by atoms with Crippen molar-refractivity contribution in [3.63, 3.8) is 0 Å². The quantitative estimate of drug-likeness (QED) is 0.795. The summed E-state index contributed by atoms with van der Waals surface area (Å²) in [5, 5.41) is 12.2. The first kappa shape index (κ1) is 14.6. The molecule has 1 aromatic rings. The maximum Gasteiger partial charge on any atom is 0.326 e. The number of aliphatic carboxylic acids is 1. The Morgan fingerprint density at radius 3 is 2.85 bits per heavy atom. The molecular weight excluding hydrogens is 256 g/mol. The van der Waals surface area contributed by atoms with Crippen molar-refractivity contribution in [3.05, 3.63) is 12.4 Å². The molecule has 0 saturated carbocycles. The molecule has 1 saturated heterocycles. The molecule has 2 rings (SSSR count). The van der Waals surface area contributed by atoms with Crippen LogP contribution in [0.1, 0.15) is 39.0 Å². The van der Waals surface area contributed by atoms with Crippen molar-refractivity contribution in [3.8, 4) is 0 Å². The third kappa shape index (κ3) is 3.82. The van der Waals surface area contributed by atoms with Crippen LogP contribution in [0, 0.1) is 0 Å². The van der Waals surface area contributed by atoms with Crippen molar-refractivity contribution in [2.24, 2.45) is 0 Å². The number of carbonyl (C=O) groups is 1. The number of carboxylic acids is 1. The minimum Gasteiger partial charge on any atom is -0.480 e. The van der Waals surface area contributed by atoms with Gasteiger partial charge in [-0.25, -0.2) is 14.8 Å². The van der Waals surface area contributed by atoms with Gasteiger partial charge in [0.25, 0.3) is 0 Å². The first-order valence-corrected chi connectivity index (χ1v) is 7.27. The minimum atomic E-state index is -0.834. The highest BCUT2D eigenvalue weighted by atomic mass is 16.4. The summed E-state index contributed by atoms with van der Waals surface area (Å²) in [5.41, 5.74) is 0. The van der Waals surface area contributed by atoms with Crippen LogP contribution >= 0.6 is 0 Å². The molecule has 20 heavy (non-hydrogen) atoms. The Morgan fingerprint density at radius 1 is 1.45 bits per heavy atom. The average Bonchev–Trinajstić information content (AvgIpc) is 2.97. The Kier molecular flexibility index (Phi) is 5.15. The highest BCUT2D eigenvalue weighted by Crippen LogP contribution is 2.20. The Bertz CT molecular complexity index is 447. The van der Waals surface area contributed by atoms with Crippen LogP contribution in [0.2, 0.25) is 0 Å². The fourth-order valence-electron chi connectivity index (χ4n) is 2.39. The van der Waals surface area contributed by atoms with Crippen LogP contribution in [-0.2, 0) is 4.79 Å². The van der Waals surface area contributed by atoms with E-state index in [-0.39, 0.29) is 0 Å². The number of nitrogens with one attached hydrogen (secondary N) is 1. The molecule has 0 aromatic carbocycles. The smallest absolute Gasteiger partial charge is 0.326 e. The van der Waals surface area contributed by atoms with Gasteiger partial charge in [0.1, 0.15) is 24.0 Å². The van der Waals surface area contributed by atoms with E-state index < -0.39 is 12.0 Å². The van der Waals surface area contributed by atoms with Gasteiger partial charge in [0, 0.05) is 19.2 Å². The van der Waals surface area contributed by atoms with Crippen molar-refractivity contribution < 1.29 is 9.90 Å². The maximum atomic E-state index is 11.2. The van der Waals surface area contributed by atoms with E-state index in [1.807, 2.05) is 6.07 Å². The number of anilines is 2. The van der Waals surface area contributed by atoms with E-state index in [2.05, 4.69) is 27.1 Å². The first-order chi connectivity index (χ1) is 9.70. The molecule has 2 N–H and O–H groups in total. The Morgan fingerprint density at radius 2 is 2.20 bits per heavy atom. The highest BCUT2D eigenvalue weighted by Gasteiger charge is 2.18. The number of rotatable bonds is 7. The number of hydrogen-bond acceptors (Lipinski definition) is 5. The van der Waals surface area contributed by atoms with E-state index in [1.54, 1.807) is 0 Å². The molecule has 2 heterocycles. The monoisotopic (exact) mass is 278 g/mol. The lowest BCUT2D eigenvalue weighted by Crippen LogP contribution is -2.29. The van der Waals surface area contributed by atoms with Crippen molar-refractivity contribution in [2.75, 3.05) is 23.3 Å². The second-order valence-electron chi connectivity index (χ2n) is 5.13. The molecule has 0 radical (unpaired) electrons. The molecule has 0 spiro atoms. The van der Waals surface area contributed by atoms with Crippen LogP contribution in [0.15, 0.2) is 12.4 Å². The van der Waals surface area contributed by atoms with E-state index in [4.69, 9.17) is 0 Å². The van der Waals surface area contributed by atoms with Crippen molar-refractivity contribution >= 4 is 17.6 Å². The molecule has 1 aromatic heterocycles. The molecule has 0 aliphatic carbocycles. The summed E-state index contributed by atoms with van der Waals surface area (Å²) >= 11 is 0. The Labute approximate surface area is 119 Å². The molecule has 0 bridgehead atoms. The number of hydrogen-bond donors (Lipinski definition) is 2. The number of nitrogens with zero attached hydrogens (tertiary/aromatic N) is 3. The number of aromatic nitrogens is 2. The molecule has 6 nitrogen and oxygen atoms in total. The zero-order valence-electron chi connectivity index (χ0n) is 11.9. The number of carboxylic acid groups (broad SMARTS) is 1. The molecule has 1 unspecified atom stereocenters. The maximum absolute atomic E-state index is 11.2. The van der Waals surface area contributed by atoms with Crippen LogP contribution in [0.5, 0.6) is 0 Å². The van der Waals surface area contributed by atoms with Gasteiger partial charge in [-0.3, -0.25) is 0 Å². The van der Waals surface area contributed by atoms with E-state index in [0.29, 0.717) is 12.2 Å². The molecule has 1 atom stereocenters. The van der Waals surface area contributed by atoms with Crippen LogP contribution in [0.3, 0.4) is 0 Å². The second-order valence-corrected chi connectivity index (χ2v) is 5.13. The summed E-state index contributed by atoms with van der Waals surface area (Å²) in [6, 6.07) is 1.25. The van der Waals surface area contributed by atoms with Gasteiger partial charge in [-0.15, -0.1) is 0 Å². The molecule has 1 aliphatic heterocycles. The van der Waals surface area contributed by atoms with E-state index in [9.17, 15) is 9.90 Å². The molecular formula is C14H22N4O2. The van der Waals surface area contributed by atoms with Crippen LogP contribution in [0.25, 0.3) is 0 Å². The van der Waals surface area contributed by atoms with Crippen LogP contribution < -0.4 is 10.2 Å². The molecule has 1 aliphatic rings. The molecule has 0 amide bonds. The zero-order chi connectivity index (χ0) is 14.4. The highest BCUT2D eigenvalue weighted by molar-refractivity contribution is 5.77. The van der Waals surface area contributed by atoms with E-state index in [0.717, 1.165) is 31.7 Å². The van der Waals surface area contributed by atoms with E-state index >= 15 is 0 Å². The Balaban J connectivity index is 2.03. The standard InChI is InChI=1S/C14H22N4O2/c1-2-3-6-11(14(19)20)17-12-9-13(16-10-15-12)18-7-4-5-8-18/h9-11H,2-8H2,1H3,(H,19,20)(H,15,16,17). The third-order valence-electron chi connectivity index (χ3n) is 3.55. The number of unbranched alkanes of at least 4 members (excludes halogenated alkanes) is 1. The normalized spacial score (nSPS) is 16.1. The summed E-state index contributed by atoms with van der Waals surface area (Å²) < 4.78 is 0. The molecule has 110 valence electrons. The lowest BCUT2D eigenvalue weighted by atomic mass is 10.1. The summed E-state index contributed by atoms with van der Waals surface area (Å²) in [7, 11) is 0. The molecule has 6 heteroatoms. The topological polar surface area (TPSA) is 78.3 Å². The fraction of sp³-hybridized carbons (Fsp3) is 0.643. The predicted octanol–water partition coefficient (Wildman–Crippen LogP) is 2.13. The van der Waals surface area contributed by atoms with Gasteiger partial charge < -0.3 is 15.3 Å². The van der Waals surface area contributed by atoms with E-state index in [1.165, 1.54) is 19.2 Å². The second kappa shape index (κ2) is 7.07. The van der Waals surface area contributed by atoms with Gasteiger partial charge in [-0.05, 0) is 19.3 Å². The fourth-order valence-corrected chi connectivity index (χ4v) is 2.39. The van der Waals surface area contributed by atoms with Gasteiger partial charge in [0.05, 0.1) is 0 Å². The summed E-state index contributed by atoms with van der Waals surface area (Å²) in [5.74, 6) is 0.629. The summed E-state index contributed by atoms with van der Waals surface area (Å²) in [4.78, 5) is 21.8. The zero-order valence-corrected chi connectivity index (χ0v) is 11.9. The largest absolute Gasteiger partial charge is 0.480 e. The summed E-state index contributed by atoms with van der Waals surface area (Å²) in [6.07, 6.45) is 6.33. The van der Waals surface area contributed by atoms with Crippen LogP contribution in [-0.4, -0.2) is 40.2 Å². The van der Waals surface area contributed by atoms with Gasteiger partial charge >= 0.3 is 5.97 Å². The summed E-state index contributed by atoms with van der Waals surface area (Å²) in [6.45, 7) is 4.07. The minimum absolute atomic E-state index is 0.587. The average molecular weight is 278 g/mol. The van der Waals surface area contributed by atoms with Gasteiger partial charge in [0.2, 0.25) is 0 Å². The van der Waals surface area contributed by atoms with Gasteiger partial charge in [-0.2, -0.15) is 0 Å². The molecule has 1 fully saturated rings. The lowest BCUT2D eigenvalue weighted by Gasteiger charge is -2.18. The Hall–Kier alpha value is -1.85. The third-order valence-corrected chi connectivity index (χ3v) is 3.55. The van der Waals surface area contributed by atoms with Crippen molar-refractivity contribution in [2.45, 2.75) is 45.1 Å². The van der Waals surface area contributed by atoms with Gasteiger partial charge in [-0.1, -0.05) is 19.8 Å². The first-order valence-electron chi connectivity index (χ1n) is 7.27. The lowest BCUT2D eigenvalue weighted by molar-refractivity contribution is -0.138. The van der Waals surface area contributed by atoms with Crippen molar-refractivity contribution in [1.82, 2.24) is 9.97 Å². The predicted molar refractivity (Wildman–Crippen MR) is 78.1 cm³/mol. The van der Waals surface area contributed by atoms with Crippen LogP contribution in [0.4, 0.5) is 11.6 Å². The van der Waals surface area contributed by atoms with Crippen molar-refractivity contribution in [1.29, 1.82) is 0 Å².